The third kappa shape index (κ3) is 6.71. The molecule has 1 spiro atoms. The van der Waals surface area contributed by atoms with Gasteiger partial charge in [-0.05, 0) is 128 Å². The minimum atomic E-state index is -1.08. The molecule has 0 bridgehead atoms. The second kappa shape index (κ2) is 14.0. The van der Waals surface area contributed by atoms with Crippen LogP contribution in [0.4, 0.5) is 5.69 Å². The maximum absolute atomic E-state index is 13.0. The summed E-state index contributed by atoms with van der Waals surface area (Å²) in [7, 11) is 1.70. The molecule has 1 saturated carbocycles. The summed E-state index contributed by atoms with van der Waals surface area (Å²) in [5.41, 5.74) is 4.51. The molecule has 3 aliphatic carbocycles. The Hall–Kier alpha value is -3.49. The van der Waals surface area contributed by atoms with E-state index in [0.717, 1.165) is 55.0 Å². The van der Waals surface area contributed by atoms with Gasteiger partial charge in [-0.2, -0.15) is 0 Å². The van der Waals surface area contributed by atoms with Crippen molar-refractivity contribution < 1.29 is 28.8 Å². The van der Waals surface area contributed by atoms with Crippen LogP contribution in [0.2, 0.25) is 5.02 Å². The molecule has 4 aliphatic rings. The van der Waals surface area contributed by atoms with Gasteiger partial charge >= 0.3 is 5.97 Å². The van der Waals surface area contributed by atoms with Crippen molar-refractivity contribution in [2.75, 3.05) is 38.9 Å². The van der Waals surface area contributed by atoms with Crippen LogP contribution in [0.5, 0.6) is 17.2 Å². The van der Waals surface area contributed by atoms with Crippen LogP contribution in [0, 0.1) is 17.8 Å². The molecule has 2 unspecified atom stereocenters. The number of carboxylic acids is 1. The number of pyridine rings is 1. The number of carboxylic acid groups (broad SMARTS) is 1. The molecule has 7 rings (SSSR count). The van der Waals surface area contributed by atoms with E-state index in [1.165, 1.54) is 35.2 Å². The van der Waals surface area contributed by atoms with E-state index >= 15 is 0 Å². The molecule has 0 saturated heterocycles. The van der Waals surface area contributed by atoms with E-state index in [1.54, 1.807) is 19.2 Å². The molecule has 49 heavy (non-hydrogen) atoms. The fourth-order valence-corrected chi connectivity index (χ4v) is 9.33. The first-order valence-corrected chi connectivity index (χ1v) is 18.4. The molecular weight excluding hydrogens is 640 g/mol. The third-order valence-corrected chi connectivity index (χ3v) is 11.9. The molecule has 2 N–H and O–H groups in total. The Labute approximate surface area is 294 Å². The van der Waals surface area contributed by atoms with Crippen molar-refractivity contribution >= 4 is 23.3 Å². The van der Waals surface area contributed by atoms with Crippen LogP contribution in [0.15, 0.2) is 48.7 Å². The van der Waals surface area contributed by atoms with Gasteiger partial charge in [-0.25, -0.2) is 4.79 Å². The van der Waals surface area contributed by atoms with Crippen LogP contribution in [0.25, 0.3) is 0 Å². The average molecular weight is 689 g/mol. The molecular formula is C40H49ClN2O6. The number of methoxy groups -OCH3 is 1. The maximum Gasteiger partial charge on any atom is 0.329 e. The fourth-order valence-electron chi connectivity index (χ4n) is 9.13. The number of aliphatic carboxylic acids is 1. The van der Waals surface area contributed by atoms with Gasteiger partial charge in [0.05, 0.1) is 32.3 Å². The van der Waals surface area contributed by atoms with Crippen LogP contribution in [-0.4, -0.2) is 55.1 Å². The minimum absolute atomic E-state index is 0.159. The molecule has 1 aromatic heterocycles. The summed E-state index contributed by atoms with van der Waals surface area (Å²) in [6.07, 6.45) is 9.64. The van der Waals surface area contributed by atoms with E-state index in [1.807, 2.05) is 24.4 Å². The fraction of sp³-hybridized carbons (Fsp3) is 0.550. The topological polar surface area (TPSA) is 99.1 Å². The Kier molecular flexibility index (Phi) is 9.73. The number of rotatable bonds is 10. The lowest BCUT2D eigenvalue weighted by Gasteiger charge is -2.47. The summed E-state index contributed by atoms with van der Waals surface area (Å²) < 4.78 is 24.6. The minimum Gasteiger partial charge on any atom is -0.493 e. The zero-order valence-corrected chi connectivity index (χ0v) is 29.7. The first kappa shape index (κ1) is 34.0. The van der Waals surface area contributed by atoms with Crippen molar-refractivity contribution in [3.8, 4) is 17.2 Å². The molecule has 1 fully saturated rings. The number of halogens is 1. The van der Waals surface area contributed by atoms with E-state index in [4.69, 9.17) is 30.5 Å². The predicted octanol–water partition coefficient (Wildman–Crippen LogP) is 8.23. The van der Waals surface area contributed by atoms with Crippen LogP contribution < -0.4 is 19.5 Å². The normalized spacial score (nSPS) is 27.9. The summed E-state index contributed by atoms with van der Waals surface area (Å²) in [6, 6.07) is 13.8. The number of aromatic nitrogens is 1. The SMILES string of the molecule is COCC1COc2cc3c(cc2OC1)C1(CCC(Nc2cccc(Cl)c2)(C(=O)O)CC1)C(C[C@@H](C)COc1ccnc2c1[C@H](C)CCC2)C3. The lowest BCUT2D eigenvalue weighted by atomic mass is 9.59. The first-order chi connectivity index (χ1) is 23.7. The number of benzene rings is 2. The van der Waals surface area contributed by atoms with Crippen molar-refractivity contribution in [3.05, 3.63) is 76.1 Å². The molecule has 4 atom stereocenters. The standard InChI is InChI=1S/C40H49ClN2O6/c1-25(21-47-34-10-15-42-33-9-4-6-26(2)37(33)34)16-29-17-28-18-35-36(49-24-27(22-46-3)23-48-35)20-32(28)39(29)11-13-40(14-12-39,38(44)45)43-31-8-5-7-30(41)19-31/h5,7-8,10,15,18-20,25-27,29,43H,4,6,9,11-14,16-17,21-24H2,1-3H3,(H,44,45)/t25-,26-,27?,29?,39?,40?/m1/s1. The van der Waals surface area contributed by atoms with Crippen molar-refractivity contribution in [2.24, 2.45) is 17.8 Å². The van der Waals surface area contributed by atoms with Crippen LogP contribution in [-0.2, 0) is 27.8 Å². The second-order valence-electron chi connectivity index (χ2n) is 15.1. The zero-order chi connectivity index (χ0) is 34.2. The van der Waals surface area contributed by atoms with Gasteiger partial charge in [0.2, 0.25) is 0 Å². The van der Waals surface area contributed by atoms with E-state index in [9.17, 15) is 9.90 Å². The Morgan fingerprint density at radius 1 is 1.12 bits per heavy atom. The van der Waals surface area contributed by atoms with Crippen LogP contribution in [0.1, 0.15) is 87.1 Å². The highest BCUT2D eigenvalue weighted by Crippen LogP contribution is 2.58. The number of nitrogens with one attached hydrogen (secondary N) is 1. The number of hydrogen-bond donors (Lipinski definition) is 2. The van der Waals surface area contributed by atoms with Gasteiger partial charge < -0.3 is 29.4 Å². The lowest BCUT2D eigenvalue weighted by Crippen LogP contribution is -2.53. The number of carbonyl (C=O) groups is 1. The molecule has 1 aliphatic heterocycles. The van der Waals surface area contributed by atoms with Crippen molar-refractivity contribution in [3.63, 3.8) is 0 Å². The molecule has 3 aromatic rings. The van der Waals surface area contributed by atoms with E-state index < -0.39 is 11.5 Å². The van der Waals surface area contributed by atoms with Crippen molar-refractivity contribution in [2.45, 2.75) is 88.5 Å². The number of ether oxygens (including phenoxy) is 4. The lowest BCUT2D eigenvalue weighted by molar-refractivity contribution is -0.144. The van der Waals surface area contributed by atoms with Crippen LogP contribution >= 0.6 is 11.6 Å². The van der Waals surface area contributed by atoms with Gasteiger partial charge in [-0.15, -0.1) is 0 Å². The maximum atomic E-state index is 13.0. The van der Waals surface area contributed by atoms with Gasteiger partial charge in [-0.1, -0.05) is 31.5 Å². The summed E-state index contributed by atoms with van der Waals surface area (Å²) in [6.45, 7) is 6.87. The number of hydrogen-bond acceptors (Lipinski definition) is 7. The molecule has 2 aromatic carbocycles. The Morgan fingerprint density at radius 2 is 1.90 bits per heavy atom. The highest BCUT2D eigenvalue weighted by Gasteiger charge is 2.54. The van der Waals surface area contributed by atoms with Crippen molar-refractivity contribution in [1.29, 1.82) is 0 Å². The van der Waals surface area contributed by atoms with Crippen molar-refractivity contribution in [1.82, 2.24) is 4.98 Å². The summed E-state index contributed by atoms with van der Waals surface area (Å²) in [5.74, 6) is 2.97. The molecule has 262 valence electrons. The number of fused-ring (bicyclic) bond motifs is 4. The zero-order valence-electron chi connectivity index (χ0n) is 28.9. The number of anilines is 1. The first-order valence-electron chi connectivity index (χ1n) is 18.0. The van der Waals surface area contributed by atoms with Gasteiger partial charge in [-0.3, -0.25) is 4.98 Å². The van der Waals surface area contributed by atoms with Gasteiger partial charge in [0, 0.05) is 35.3 Å². The monoisotopic (exact) mass is 688 g/mol. The smallest absolute Gasteiger partial charge is 0.329 e. The predicted molar refractivity (Wildman–Crippen MR) is 190 cm³/mol. The van der Waals surface area contributed by atoms with E-state index in [0.29, 0.717) is 62.0 Å². The molecule has 9 heteroatoms. The van der Waals surface area contributed by atoms with Crippen LogP contribution in [0.3, 0.4) is 0 Å². The summed E-state index contributed by atoms with van der Waals surface area (Å²) in [5, 5.41) is 14.6. The average Bonchev–Trinajstić information content (AvgIpc) is 3.21. The van der Waals surface area contributed by atoms with E-state index in [-0.39, 0.29) is 11.3 Å². The highest BCUT2D eigenvalue weighted by atomic mass is 35.5. The van der Waals surface area contributed by atoms with Gasteiger partial charge in [0.25, 0.3) is 0 Å². The third-order valence-electron chi connectivity index (χ3n) is 11.7. The molecule has 0 amide bonds. The quantitative estimate of drug-likeness (QED) is 0.220. The molecule has 0 radical (unpaired) electrons. The summed E-state index contributed by atoms with van der Waals surface area (Å²) >= 11 is 6.28. The Balaban J connectivity index is 1.15. The molecule has 8 nitrogen and oxygen atoms in total. The van der Waals surface area contributed by atoms with Gasteiger partial charge in [0.15, 0.2) is 11.5 Å². The largest absolute Gasteiger partial charge is 0.493 e. The Morgan fingerprint density at radius 3 is 2.63 bits per heavy atom. The number of aryl methyl sites for hydroxylation is 1. The summed E-state index contributed by atoms with van der Waals surface area (Å²) in [4.78, 5) is 17.6. The number of nitrogens with zero attached hydrogens (tertiary/aromatic N) is 1. The highest BCUT2D eigenvalue weighted by molar-refractivity contribution is 6.30. The second-order valence-corrected chi connectivity index (χ2v) is 15.5. The van der Waals surface area contributed by atoms with E-state index in [2.05, 4.69) is 36.3 Å². The Bertz CT molecular complexity index is 1670. The molecule has 2 heterocycles. The van der Waals surface area contributed by atoms with Gasteiger partial charge in [0.1, 0.15) is 11.3 Å².